The molecule has 0 saturated carbocycles. The minimum absolute atomic E-state index is 0.00107. The molecule has 6 nitrogen and oxygen atoms in total. The van der Waals surface area contributed by atoms with Gasteiger partial charge in [0.2, 0.25) is 0 Å². The number of nitrogens with zero attached hydrogens (tertiary/aromatic N) is 2. The number of aromatic nitrogens is 1. The van der Waals surface area contributed by atoms with Crippen molar-refractivity contribution in [1.29, 1.82) is 0 Å². The van der Waals surface area contributed by atoms with Gasteiger partial charge in [-0.1, -0.05) is 0 Å². The number of aliphatic carboxylic acids is 1. The first kappa shape index (κ1) is 15.4. The predicted octanol–water partition coefficient (Wildman–Crippen LogP) is 1.49. The van der Waals surface area contributed by atoms with Crippen LogP contribution in [0.4, 0.5) is 0 Å². The van der Waals surface area contributed by atoms with Crippen LogP contribution < -0.4 is 0 Å². The molecule has 2 rings (SSSR count). The smallest absolute Gasteiger partial charge is 0.305 e. The molecule has 1 atom stereocenters. The van der Waals surface area contributed by atoms with Gasteiger partial charge in [-0.25, -0.2) is 0 Å². The molecule has 0 aromatic carbocycles. The van der Waals surface area contributed by atoms with Gasteiger partial charge in [-0.15, -0.1) is 0 Å². The highest BCUT2D eigenvalue weighted by atomic mass is 16.5. The number of carboxylic acid groups (broad SMARTS) is 1. The summed E-state index contributed by atoms with van der Waals surface area (Å²) >= 11 is 0. The summed E-state index contributed by atoms with van der Waals surface area (Å²) < 4.78 is 5.54. The number of hydrogen-bond donors (Lipinski definition) is 1. The fourth-order valence-electron chi connectivity index (χ4n) is 2.32. The lowest BCUT2D eigenvalue weighted by atomic mass is 10.2. The lowest BCUT2D eigenvalue weighted by molar-refractivity contribution is -0.137. The van der Waals surface area contributed by atoms with Crippen molar-refractivity contribution in [3.8, 4) is 0 Å². The molecule has 21 heavy (non-hydrogen) atoms. The Balaban J connectivity index is 2.06. The Kier molecular flexibility index (Phi) is 5.27. The molecule has 1 aliphatic rings. The van der Waals surface area contributed by atoms with Crippen LogP contribution in [0.2, 0.25) is 0 Å². The van der Waals surface area contributed by atoms with Crippen LogP contribution >= 0.6 is 0 Å². The minimum Gasteiger partial charge on any atom is -0.481 e. The monoisotopic (exact) mass is 292 g/mol. The van der Waals surface area contributed by atoms with Crippen LogP contribution in [0.1, 0.15) is 35.3 Å². The third-order valence-corrected chi connectivity index (χ3v) is 3.49. The van der Waals surface area contributed by atoms with Gasteiger partial charge in [0.05, 0.1) is 18.1 Å². The summed E-state index contributed by atoms with van der Waals surface area (Å²) in [5.74, 6) is -1.11. The highest BCUT2D eigenvalue weighted by Crippen LogP contribution is 2.15. The van der Waals surface area contributed by atoms with Crippen LogP contribution in [-0.4, -0.2) is 52.7 Å². The van der Waals surface area contributed by atoms with Crippen molar-refractivity contribution in [2.24, 2.45) is 0 Å². The van der Waals surface area contributed by atoms with Crippen LogP contribution in [0.25, 0.3) is 0 Å². The number of hydrogen-bond acceptors (Lipinski definition) is 4. The Bertz CT molecular complexity index is 495. The first-order valence-corrected chi connectivity index (χ1v) is 7.11. The lowest BCUT2D eigenvalue weighted by Gasteiger charge is -2.25. The number of carboxylic acids is 1. The summed E-state index contributed by atoms with van der Waals surface area (Å²) in [6, 6.07) is 3.49. The van der Waals surface area contributed by atoms with Gasteiger partial charge in [-0.05, 0) is 31.9 Å². The van der Waals surface area contributed by atoms with Gasteiger partial charge in [0.1, 0.15) is 0 Å². The van der Waals surface area contributed by atoms with Crippen molar-refractivity contribution in [2.75, 3.05) is 19.7 Å². The van der Waals surface area contributed by atoms with Crippen molar-refractivity contribution in [1.82, 2.24) is 9.88 Å². The molecule has 1 aromatic rings. The molecule has 6 heteroatoms. The molecule has 1 N–H and O–H groups in total. The molecule has 1 aliphatic heterocycles. The summed E-state index contributed by atoms with van der Waals surface area (Å²) in [7, 11) is 0. The van der Waals surface area contributed by atoms with E-state index < -0.39 is 5.97 Å². The maximum atomic E-state index is 12.5. The van der Waals surface area contributed by atoms with Crippen molar-refractivity contribution in [2.45, 2.75) is 32.3 Å². The average molecular weight is 292 g/mol. The van der Waals surface area contributed by atoms with Crippen LogP contribution in [0.3, 0.4) is 0 Å². The van der Waals surface area contributed by atoms with Crippen molar-refractivity contribution >= 4 is 11.9 Å². The second kappa shape index (κ2) is 7.17. The third kappa shape index (κ3) is 4.53. The molecular formula is C15H20N2O4. The fraction of sp³-hybridized carbons (Fsp3) is 0.533. The van der Waals surface area contributed by atoms with Crippen LogP contribution in [0, 0.1) is 6.92 Å². The minimum atomic E-state index is -0.915. The summed E-state index contributed by atoms with van der Waals surface area (Å²) in [5.41, 5.74) is 1.31. The number of rotatable bonds is 6. The average Bonchev–Trinajstić information content (AvgIpc) is 2.96. The van der Waals surface area contributed by atoms with E-state index in [1.807, 2.05) is 6.92 Å². The number of ether oxygens (including phenoxy) is 1. The number of pyridine rings is 1. The summed E-state index contributed by atoms with van der Waals surface area (Å²) in [6.07, 6.45) is 3.35. The fourth-order valence-corrected chi connectivity index (χ4v) is 2.32. The summed E-state index contributed by atoms with van der Waals surface area (Å²) in [5, 5.41) is 8.83. The number of carbonyl (C=O) groups is 2. The highest BCUT2D eigenvalue weighted by molar-refractivity contribution is 5.94. The van der Waals surface area contributed by atoms with Gasteiger partial charge in [0.15, 0.2) is 0 Å². The summed E-state index contributed by atoms with van der Waals surface area (Å²) in [4.78, 5) is 28.9. The van der Waals surface area contributed by atoms with E-state index in [1.54, 1.807) is 17.0 Å². The van der Waals surface area contributed by atoms with Gasteiger partial charge < -0.3 is 14.7 Å². The van der Waals surface area contributed by atoms with Gasteiger partial charge in [0.25, 0.3) is 5.91 Å². The van der Waals surface area contributed by atoms with E-state index in [-0.39, 0.29) is 25.0 Å². The number of amides is 1. The summed E-state index contributed by atoms with van der Waals surface area (Å²) in [6.45, 7) is 3.17. The second-order valence-corrected chi connectivity index (χ2v) is 5.22. The number of carbonyl (C=O) groups excluding carboxylic acids is 1. The Hall–Kier alpha value is -1.95. The Labute approximate surface area is 123 Å². The molecule has 1 aromatic heterocycles. The lowest BCUT2D eigenvalue weighted by Crippen LogP contribution is -2.38. The van der Waals surface area contributed by atoms with E-state index in [0.717, 1.165) is 18.5 Å². The molecule has 1 saturated heterocycles. The highest BCUT2D eigenvalue weighted by Gasteiger charge is 2.24. The van der Waals surface area contributed by atoms with Crippen LogP contribution in [0.5, 0.6) is 0 Å². The van der Waals surface area contributed by atoms with Gasteiger partial charge in [0, 0.05) is 31.6 Å². The van der Waals surface area contributed by atoms with Crippen molar-refractivity contribution in [3.63, 3.8) is 0 Å². The Morgan fingerprint density at radius 1 is 1.48 bits per heavy atom. The van der Waals surface area contributed by atoms with Gasteiger partial charge in [-0.2, -0.15) is 0 Å². The molecule has 1 amide bonds. The van der Waals surface area contributed by atoms with Crippen LogP contribution in [-0.2, 0) is 9.53 Å². The first-order valence-electron chi connectivity index (χ1n) is 7.11. The van der Waals surface area contributed by atoms with E-state index in [1.165, 1.54) is 6.20 Å². The molecule has 0 spiro atoms. The van der Waals surface area contributed by atoms with E-state index in [2.05, 4.69) is 4.98 Å². The first-order chi connectivity index (χ1) is 10.1. The van der Waals surface area contributed by atoms with Crippen molar-refractivity contribution < 1.29 is 19.4 Å². The van der Waals surface area contributed by atoms with E-state index in [0.29, 0.717) is 18.7 Å². The third-order valence-electron chi connectivity index (χ3n) is 3.49. The molecule has 0 aliphatic carbocycles. The topological polar surface area (TPSA) is 79.7 Å². The quantitative estimate of drug-likeness (QED) is 0.859. The van der Waals surface area contributed by atoms with E-state index in [9.17, 15) is 9.59 Å². The molecular weight excluding hydrogens is 272 g/mol. The Morgan fingerprint density at radius 3 is 2.86 bits per heavy atom. The zero-order valence-electron chi connectivity index (χ0n) is 12.1. The molecule has 2 heterocycles. The predicted molar refractivity (Wildman–Crippen MR) is 76.1 cm³/mol. The standard InChI is InChI=1S/C15H20N2O4/c1-11-4-5-12(9-16-11)15(20)17(7-6-14(18)19)10-13-3-2-8-21-13/h4-5,9,13H,2-3,6-8,10H2,1H3,(H,18,19)/t13-/m0/s1. The number of aryl methyl sites for hydroxylation is 1. The van der Waals surface area contributed by atoms with Crippen molar-refractivity contribution in [3.05, 3.63) is 29.6 Å². The van der Waals surface area contributed by atoms with E-state index in [4.69, 9.17) is 9.84 Å². The van der Waals surface area contributed by atoms with Crippen LogP contribution in [0.15, 0.2) is 18.3 Å². The molecule has 0 bridgehead atoms. The maximum absolute atomic E-state index is 12.5. The molecule has 1 fully saturated rings. The molecule has 0 unspecified atom stereocenters. The van der Waals surface area contributed by atoms with Gasteiger partial charge in [-0.3, -0.25) is 14.6 Å². The maximum Gasteiger partial charge on any atom is 0.305 e. The molecule has 0 radical (unpaired) electrons. The van der Waals surface area contributed by atoms with E-state index >= 15 is 0 Å². The zero-order chi connectivity index (χ0) is 15.2. The SMILES string of the molecule is Cc1ccc(C(=O)N(CCC(=O)O)C[C@@H]2CCCO2)cn1. The zero-order valence-corrected chi connectivity index (χ0v) is 12.1. The second-order valence-electron chi connectivity index (χ2n) is 5.22. The largest absolute Gasteiger partial charge is 0.481 e. The van der Waals surface area contributed by atoms with Gasteiger partial charge >= 0.3 is 5.97 Å². The normalized spacial score (nSPS) is 17.7. The molecule has 114 valence electrons. The Morgan fingerprint density at radius 2 is 2.29 bits per heavy atom.